The van der Waals surface area contributed by atoms with Crippen molar-refractivity contribution in [3.8, 4) is 0 Å². The molecule has 6 nitrogen and oxygen atoms in total. The van der Waals surface area contributed by atoms with Crippen LogP contribution in [-0.2, 0) is 0 Å². The van der Waals surface area contributed by atoms with Gasteiger partial charge >= 0.3 is 5.97 Å². The van der Waals surface area contributed by atoms with Crippen LogP contribution in [-0.4, -0.2) is 58.2 Å². The van der Waals surface area contributed by atoms with Crippen LogP contribution in [0.15, 0.2) is 12.5 Å². The van der Waals surface area contributed by atoms with E-state index in [4.69, 9.17) is 0 Å². The number of carboxylic acids is 1. The zero-order valence-corrected chi connectivity index (χ0v) is 14.5. The maximum absolute atomic E-state index is 11.3. The summed E-state index contributed by atoms with van der Waals surface area (Å²) in [5.41, 5.74) is 0.207. The van der Waals surface area contributed by atoms with Crippen LogP contribution in [0, 0.1) is 5.92 Å². The summed E-state index contributed by atoms with van der Waals surface area (Å²) in [4.78, 5) is 24.1. The number of hydrogen-bond donors (Lipinski definition) is 1. The third-order valence-corrected chi connectivity index (χ3v) is 5.60. The summed E-state index contributed by atoms with van der Waals surface area (Å²) in [6.07, 6.45) is 10.4. The third kappa shape index (κ3) is 4.04. The molecule has 1 atom stereocenters. The van der Waals surface area contributed by atoms with Crippen molar-refractivity contribution in [2.24, 2.45) is 5.92 Å². The molecule has 1 N–H and O–H groups in total. The van der Waals surface area contributed by atoms with Gasteiger partial charge in [0.05, 0.1) is 0 Å². The van der Waals surface area contributed by atoms with E-state index >= 15 is 0 Å². The second kappa shape index (κ2) is 7.92. The zero-order chi connectivity index (χ0) is 16.9. The van der Waals surface area contributed by atoms with E-state index in [0.717, 1.165) is 37.9 Å². The summed E-state index contributed by atoms with van der Waals surface area (Å²) in [6.45, 7) is 6.59. The van der Waals surface area contributed by atoms with Crippen molar-refractivity contribution in [3.63, 3.8) is 0 Å². The summed E-state index contributed by atoms with van der Waals surface area (Å²) >= 11 is 0. The van der Waals surface area contributed by atoms with Crippen LogP contribution < -0.4 is 4.90 Å². The third-order valence-electron chi connectivity index (χ3n) is 5.60. The van der Waals surface area contributed by atoms with Crippen LogP contribution in [0.3, 0.4) is 0 Å². The number of nitrogens with zero attached hydrogens (tertiary/aromatic N) is 4. The van der Waals surface area contributed by atoms with E-state index in [2.05, 4.69) is 26.7 Å². The molecule has 0 saturated carbocycles. The Bertz CT molecular complexity index is 558. The molecule has 0 aromatic carbocycles. The van der Waals surface area contributed by atoms with Crippen LogP contribution >= 0.6 is 0 Å². The number of likely N-dealkylation sites (tertiary alicyclic amines) is 1. The highest BCUT2D eigenvalue weighted by atomic mass is 16.4. The Morgan fingerprint density at radius 1 is 1.25 bits per heavy atom. The highest BCUT2D eigenvalue weighted by Crippen LogP contribution is 2.27. The molecule has 1 aromatic rings. The summed E-state index contributed by atoms with van der Waals surface area (Å²) < 4.78 is 0. The second-order valence-corrected chi connectivity index (χ2v) is 7.17. The van der Waals surface area contributed by atoms with Crippen LogP contribution in [0.2, 0.25) is 0 Å². The van der Waals surface area contributed by atoms with E-state index in [0.29, 0.717) is 5.82 Å². The highest BCUT2D eigenvalue weighted by Gasteiger charge is 2.25. The molecule has 2 aliphatic rings. The van der Waals surface area contributed by atoms with Gasteiger partial charge in [-0.15, -0.1) is 0 Å². The van der Waals surface area contributed by atoms with E-state index in [1.54, 1.807) is 0 Å². The number of carbonyl (C=O) groups is 1. The Kier molecular flexibility index (Phi) is 5.66. The summed E-state index contributed by atoms with van der Waals surface area (Å²) in [5.74, 6) is 0.359. The van der Waals surface area contributed by atoms with E-state index in [1.165, 1.54) is 51.3 Å². The van der Waals surface area contributed by atoms with Crippen molar-refractivity contribution in [1.29, 1.82) is 0 Å². The van der Waals surface area contributed by atoms with E-state index in [-0.39, 0.29) is 5.56 Å². The lowest BCUT2D eigenvalue weighted by molar-refractivity contribution is 0.0696. The molecule has 0 aliphatic carbocycles. The zero-order valence-electron chi connectivity index (χ0n) is 14.5. The van der Waals surface area contributed by atoms with Gasteiger partial charge in [-0.1, -0.05) is 6.42 Å². The number of hydrogen-bond acceptors (Lipinski definition) is 5. The average molecular weight is 332 g/mol. The number of aromatic carboxylic acids is 1. The van der Waals surface area contributed by atoms with Crippen molar-refractivity contribution >= 4 is 11.8 Å². The van der Waals surface area contributed by atoms with E-state index in [1.807, 2.05) is 0 Å². The molecule has 0 radical (unpaired) electrons. The van der Waals surface area contributed by atoms with Gasteiger partial charge in [-0.3, -0.25) is 0 Å². The lowest BCUT2D eigenvalue weighted by Crippen LogP contribution is -2.40. The van der Waals surface area contributed by atoms with Gasteiger partial charge in [0.15, 0.2) is 0 Å². The molecule has 0 bridgehead atoms. The van der Waals surface area contributed by atoms with Gasteiger partial charge in [-0.05, 0) is 58.0 Å². The standard InChI is InChI=1S/C18H28N4O2/c1-14-4-2-3-8-21(14)9-5-15-6-10-22(11-7-15)17-16(18(23)24)12-19-13-20-17/h12-15H,2-11H2,1H3,(H,23,24). The van der Waals surface area contributed by atoms with Gasteiger partial charge in [-0.2, -0.15) is 0 Å². The Morgan fingerprint density at radius 2 is 2.04 bits per heavy atom. The maximum Gasteiger partial charge on any atom is 0.341 e. The van der Waals surface area contributed by atoms with Crippen LogP contribution in [0.5, 0.6) is 0 Å². The van der Waals surface area contributed by atoms with Crippen molar-refractivity contribution in [2.75, 3.05) is 31.1 Å². The van der Waals surface area contributed by atoms with Crippen molar-refractivity contribution in [3.05, 3.63) is 18.1 Å². The molecular formula is C18H28N4O2. The molecule has 1 aromatic heterocycles. The topological polar surface area (TPSA) is 69.6 Å². The number of anilines is 1. The molecule has 6 heteroatoms. The van der Waals surface area contributed by atoms with E-state index < -0.39 is 5.97 Å². The van der Waals surface area contributed by atoms with Gasteiger partial charge in [0.25, 0.3) is 0 Å². The molecule has 3 heterocycles. The first-order valence-corrected chi connectivity index (χ1v) is 9.17. The number of piperidine rings is 2. The lowest BCUT2D eigenvalue weighted by Gasteiger charge is -2.37. The van der Waals surface area contributed by atoms with Crippen molar-refractivity contribution in [2.45, 2.75) is 51.5 Å². The summed E-state index contributed by atoms with van der Waals surface area (Å²) in [5, 5.41) is 9.29. The van der Waals surface area contributed by atoms with Gasteiger partial charge in [0, 0.05) is 25.3 Å². The monoisotopic (exact) mass is 332 g/mol. The molecule has 0 amide bonds. The number of aromatic nitrogens is 2. The smallest absolute Gasteiger partial charge is 0.341 e. The molecule has 132 valence electrons. The predicted molar refractivity (Wildman–Crippen MR) is 93.4 cm³/mol. The predicted octanol–water partition coefficient (Wildman–Crippen LogP) is 2.66. The van der Waals surface area contributed by atoms with Gasteiger partial charge in [-0.25, -0.2) is 14.8 Å². The first-order chi connectivity index (χ1) is 11.6. The van der Waals surface area contributed by atoms with Gasteiger partial charge < -0.3 is 14.9 Å². The molecule has 3 rings (SSSR count). The Balaban J connectivity index is 1.50. The molecule has 2 aliphatic heterocycles. The van der Waals surface area contributed by atoms with Crippen LogP contribution in [0.1, 0.15) is 55.8 Å². The number of rotatable bonds is 5. The van der Waals surface area contributed by atoms with Crippen LogP contribution in [0.4, 0.5) is 5.82 Å². The molecular weight excluding hydrogens is 304 g/mol. The minimum Gasteiger partial charge on any atom is -0.477 e. The SMILES string of the molecule is CC1CCCCN1CCC1CCN(c2ncncc2C(=O)O)CC1. The first-order valence-electron chi connectivity index (χ1n) is 9.17. The van der Waals surface area contributed by atoms with Gasteiger partial charge in [0.1, 0.15) is 17.7 Å². The van der Waals surface area contributed by atoms with Crippen molar-refractivity contribution in [1.82, 2.24) is 14.9 Å². The number of carboxylic acid groups (broad SMARTS) is 1. The van der Waals surface area contributed by atoms with Crippen LogP contribution in [0.25, 0.3) is 0 Å². The minimum atomic E-state index is -0.952. The minimum absolute atomic E-state index is 0.207. The molecule has 0 spiro atoms. The lowest BCUT2D eigenvalue weighted by atomic mass is 9.92. The largest absolute Gasteiger partial charge is 0.477 e. The van der Waals surface area contributed by atoms with Gasteiger partial charge in [0.2, 0.25) is 0 Å². The Labute approximate surface area is 143 Å². The quantitative estimate of drug-likeness (QED) is 0.894. The summed E-state index contributed by atoms with van der Waals surface area (Å²) in [6, 6.07) is 0.734. The molecule has 1 unspecified atom stereocenters. The first kappa shape index (κ1) is 17.1. The van der Waals surface area contributed by atoms with Crippen molar-refractivity contribution < 1.29 is 9.90 Å². The fourth-order valence-electron chi connectivity index (χ4n) is 4.00. The maximum atomic E-state index is 11.3. The average Bonchev–Trinajstić information content (AvgIpc) is 2.61. The Morgan fingerprint density at radius 3 is 2.75 bits per heavy atom. The molecule has 24 heavy (non-hydrogen) atoms. The Hall–Kier alpha value is -1.69. The fourth-order valence-corrected chi connectivity index (χ4v) is 4.00. The second-order valence-electron chi connectivity index (χ2n) is 7.17. The molecule has 2 saturated heterocycles. The summed E-state index contributed by atoms with van der Waals surface area (Å²) in [7, 11) is 0. The fraction of sp³-hybridized carbons (Fsp3) is 0.722. The highest BCUT2D eigenvalue weighted by molar-refractivity contribution is 5.92. The van der Waals surface area contributed by atoms with E-state index in [9.17, 15) is 9.90 Å². The normalized spacial score (nSPS) is 23.4. The molecule has 2 fully saturated rings.